The quantitative estimate of drug-likeness (QED) is 0.215. The van der Waals surface area contributed by atoms with E-state index < -0.39 is 0 Å². The van der Waals surface area contributed by atoms with Crippen molar-refractivity contribution in [1.82, 2.24) is 9.55 Å². The summed E-state index contributed by atoms with van der Waals surface area (Å²) in [6.07, 6.45) is 6.32. The second kappa shape index (κ2) is 11.9. The van der Waals surface area contributed by atoms with Crippen molar-refractivity contribution in [1.29, 1.82) is 0 Å². The van der Waals surface area contributed by atoms with Crippen molar-refractivity contribution >= 4 is 0 Å². The first-order valence-corrected chi connectivity index (χ1v) is 14.1. The average molecular weight is 493 g/mol. The molecule has 1 aromatic heterocycles. The Morgan fingerprint density at radius 3 is 1.86 bits per heavy atom. The van der Waals surface area contributed by atoms with E-state index in [4.69, 9.17) is 4.98 Å². The first-order chi connectivity index (χ1) is 17.8. The number of aromatic nitrogens is 2. The van der Waals surface area contributed by atoms with Crippen LogP contribution in [0.5, 0.6) is 0 Å². The van der Waals surface area contributed by atoms with Crippen LogP contribution in [0.2, 0.25) is 0 Å². The van der Waals surface area contributed by atoms with Crippen LogP contribution in [0.25, 0.3) is 28.2 Å². The summed E-state index contributed by atoms with van der Waals surface area (Å²) in [6, 6.07) is 26.4. The van der Waals surface area contributed by atoms with Gasteiger partial charge in [0.1, 0.15) is 5.82 Å². The maximum absolute atomic E-state index is 4.86. The predicted molar refractivity (Wildman–Crippen MR) is 159 cm³/mol. The zero-order valence-electron chi connectivity index (χ0n) is 23.8. The highest BCUT2D eigenvalue weighted by molar-refractivity contribution is 5.71. The largest absolute Gasteiger partial charge is 0.299 e. The average Bonchev–Trinajstić information content (AvgIpc) is 3.36. The Labute approximate surface area is 224 Å². The summed E-state index contributed by atoms with van der Waals surface area (Å²) in [5.74, 6) is 3.89. The molecular formula is C35H44N2. The molecule has 0 saturated carbocycles. The van der Waals surface area contributed by atoms with Gasteiger partial charge in [-0.05, 0) is 76.8 Å². The van der Waals surface area contributed by atoms with Crippen molar-refractivity contribution in [3.05, 3.63) is 96.3 Å². The molecule has 0 amide bonds. The lowest BCUT2D eigenvalue weighted by Crippen LogP contribution is -2.20. The van der Waals surface area contributed by atoms with Crippen LogP contribution in [-0.2, 0) is 6.42 Å². The normalized spacial score (nSPS) is 12.7. The number of hydrogen-bond donors (Lipinski definition) is 0. The maximum atomic E-state index is 4.86. The van der Waals surface area contributed by atoms with Crippen molar-refractivity contribution < 1.29 is 0 Å². The van der Waals surface area contributed by atoms with Gasteiger partial charge in [-0.3, -0.25) is 4.57 Å². The molecule has 4 rings (SSSR count). The Balaban J connectivity index is 2.00. The minimum absolute atomic E-state index is 0.431. The Bertz CT molecular complexity index is 1260. The van der Waals surface area contributed by atoms with Crippen molar-refractivity contribution in [3.63, 3.8) is 0 Å². The van der Waals surface area contributed by atoms with E-state index in [0.29, 0.717) is 29.6 Å². The van der Waals surface area contributed by atoms with Crippen molar-refractivity contribution in [2.75, 3.05) is 0 Å². The molecule has 0 spiro atoms. The Morgan fingerprint density at radius 1 is 0.703 bits per heavy atom. The third kappa shape index (κ3) is 6.24. The van der Waals surface area contributed by atoms with E-state index in [1.165, 1.54) is 27.9 Å². The number of benzene rings is 3. The van der Waals surface area contributed by atoms with Gasteiger partial charge in [0, 0.05) is 18.0 Å². The van der Waals surface area contributed by atoms with E-state index in [2.05, 4.69) is 132 Å². The molecule has 0 radical (unpaired) electrons. The molecule has 0 N–H and O–H groups in total. The van der Waals surface area contributed by atoms with E-state index in [0.717, 1.165) is 24.2 Å². The van der Waals surface area contributed by atoms with Gasteiger partial charge in [-0.25, -0.2) is 4.98 Å². The fraction of sp³-hybridized carbons (Fsp3) is 0.400. The maximum Gasteiger partial charge on any atom is 0.144 e. The summed E-state index contributed by atoms with van der Waals surface area (Å²) in [5, 5.41) is 0. The van der Waals surface area contributed by atoms with Crippen molar-refractivity contribution in [2.45, 2.75) is 67.2 Å². The molecule has 1 unspecified atom stereocenters. The highest BCUT2D eigenvalue weighted by Crippen LogP contribution is 2.39. The van der Waals surface area contributed by atoms with Crippen LogP contribution in [0.1, 0.15) is 71.9 Å². The third-order valence-corrected chi connectivity index (χ3v) is 7.76. The first kappa shape index (κ1) is 26.9. The molecule has 0 aliphatic rings. The lowest BCUT2D eigenvalue weighted by Gasteiger charge is -2.29. The van der Waals surface area contributed by atoms with Gasteiger partial charge in [0.2, 0.25) is 0 Å². The van der Waals surface area contributed by atoms with E-state index >= 15 is 0 Å². The SMILES string of the molecule is CC(C)CC(C)c1cc(-c2ccccc2)cc(CC(C(C)C)C(C)C)c1-n1ccnc1-c1ccccc1. The third-order valence-electron chi connectivity index (χ3n) is 7.76. The summed E-state index contributed by atoms with van der Waals surface area (Å²) in [7, 11) is 0. The molecular weight excluding hydrogens is 448 g/mol. The minimum atomic E-state index is 0.431. The van der Waals surface area contributed by atoms with Crippen LogP contribution in [0.3, 0.4) is 0 Å². The number of hydrogen-bond acceptors (Lipinski definition) is 1. The number of rotatable bonds is 10. The molecule has 2 nitrogen and oxygen atoms in total. The van der Waals surface area contributed by atoms with Gasteiger partial charge in [-0.2, -0.15) is 0 Å². The Morgan fingerprint density at radius 2 is 1.30 bits per heavy atom. The van der Waals surface area contributed by atoms with Gasteiger partial charge in [-0.15, -0.1) is 0 Å². The van der Waals surface area contributed by atoms with Crippen LogP contribution in [0, 0.1) is 23.7 Å². The molecule has 0 saturated heterocycles. The van der Waals surface area contributed by atoms with Gasteiger partial charge in [0.15, 0.2) is 0 Å². The number of imidazole rings is 1. The molecule has 1 atom stereocenters. The molecule has 37 heavy (non-hydrogen) atoms. The summed E-state index contributed by atoms with van der Waals surface area (Å²) in [6.45, 7) is 16.6. The molecule has 0 fully saturated rings. The van der Waals surface area contributed by atoms with E-state index in [1.807, 2.05) is 6.20 Å². The van der Waals surface area contributed by atoms with Gasteiger partial charge >= 0.3 is 0 Å². The first-order valence-electron chi connectivity index (χ1n) is 14.1. The van der Waals surface area contributed by atoms with E-state index in [1.54, 1.807) is 0 Å². The molecule has 3 aromatic carbocycles. The second-order valence-electron chi connectivity index (χ2n) is 11.8. The topological polar surface area (TPSA) is 17.8 Å². The fourth-order valence-electron chi connectivity index (χ4n) is 5.96. The smallest absolute Gasteiger partial charge is 0.144 e. The highest BCUT2D eigenvalue weighted by atomic mass is 15.1. The van der Waals surface area contributed by atoms with Crippen LogP contribution < -0.4 is 0 Å². The van der Waals surface area contributed by atoms with Gasteiger partial charge in [0.05, 0.1) is 5.69 Å². The van der Waals surface area contributed by atoms with Crippen LogP contribution in [0.15, 0.2) is 85.2 Å². The molecule has 0 aliphatic heterocycles. The van der Waals surface area contributed by atoms with Gasteiger partial charge in [-0.1, -0.05) is 109 Å². The van der Waals surface area contributed by atoms with E-state index in [-0.39, 0.29) is 0 Å². The summed E-state index contributed by atoms with van der Waals surface area (Å²) < 4.78 is 2.36. The highest BCUT2D eigenvalue weighted by Gasteiger charge is 2.25. The second-order valence-corrected chi connectivity index (χ2v) is 11.8. The Hall–Kier alpha value is -3.13. The summed E-state index contributed by atoms with van der Waals surface area (Å²) >= 11 is 0. The molecule has 1 heterocycles. The molecule has 4 aromatic rings. The Kier molecular flexibility index (Phi) is 8.69. The summed E-state index contributed by atoms with van der Waals surface area (Å²) in [5.41, 5.74) is 7.93. The fourth-order valence-corrected chi connectivity index (χ4v) is 5.96. The molecule has 2 heteroatoms. The summed E-state index contributed by atoms with van der Waals surface area (Å²) in [4.78, 5) is 4.86. The van der Waals surface area contributed by atoms with Crippen LogP contribution in [-0.4, -0.2) is 9.55 Å². The van der Waals surface area contributed by atoms with Crippen molar-refractivity contribution in [2.24, 2.45) is 23.7 Å². The zero-order valence-corrected chi connectivity index (χ0v) is 23.8. The standard InChI is InChI=1S/C35H44N2/c1-24(2)20-27(7)33-22-30(28-14-10-8-11-15-28)21-31(23-32(25(3)4)26(5)6)34(33)37-19-18-36-35(37)29-16-12-9-13-17-29/h8-19,21-22,24-27,32H,20,23H2,1-7H3. The molecule has 0 aliphatic carbocycles. The molecule has 194 valence electrons. The number of nitrogens with zero attached hydrogens (tertiary/aromatic N) is 2. The van der Waals surface area contributed by atoms with Crippen LogP contribution >= 0.6 is 0 Å². The monoisotopic (exact) mass is 492 g/mol. The predicted octanol–water partition coefficient (Wildman–Crippen LogP) is 9.83. The molecule has 0 bridgehead atoms. The minimum Gasteiger partial charge on any atom is -0.299 e. The van der Waals surface area contributed by atoms with Crippen molar-refractivity contribution in [3.8, 4) is 28.2 Å². The lowest BCUT2D eigenvalue weighted by molar-refractivity contribution is 0.286. The van der Waals surface area contributed by atoms with E-state index in [9.17, 15) is 0 Å². The van der Waals surface area contributed by atoms with Gasteiger partial charge in [0.25, 0.3) is 0 Å². The van der Waals surface area contributed by atoms with Crippen LogP contribution in [0.4, 0.5) is 0 Å². The van der Waals surface area contributed by atoms with Gasteiger partial charge < -0.3 is 0 Å². The lowest BCUT2D eigenvalue weighted by atomic mass is 9.78. The zero-order chi connectivity index (χ0) is 26.5.